The minimum Gasteiger partial charge on any atom is -0.205 e. The molecule has 0 fully saturated rings. The van der Waals surface area contributed by atoms with Crippen LogP contribution in [0.2, 0.25) is 5.02 Å². The third-order valence-corrected chi connectivity index (χ3v) is 1.87. The fraction of sp³-hybridized carbons (Fsp3) is 0.143. The van der Waals surface area contributed by atoms with Crippen molar-refractivity contribution in [3.05, 3.63) is 34.4 Å². The monoisotopic (exact) mass is 196 g/mol. The van der Waals surface area contributed by atoms with Gasteiger partial charge in [-0.05, 0) is 17.7 Å². The zero-order valence-electron chi connectivity index (χ0n) is 5.37. The second-order valence-electron chi connectivity index (χ2n) is 2.01. The van der Waals surface area contributed by atoms with E-state index in [1.54, 1.807) is 0 Å². The van der Waals surface area contributed by atoms with Gasteiger partial charge in [0.15, 0.2) is 0 Å². The molecule has 0 spiro atoms. The predicted octanol–water partition coefficient (Wildman–Crippen LogP) is 3.36. The van der Waals surface area contributed by atoms with Crippen LogP contribution in [0.15, 0.2) is 12.1 Å². The van der Waals surface area contributed by atoms with Gasteiger partial charge in [-0.15, -0.1) is 11.6 Å². The van der Waals surface area contributed by atoms with E-state index in [0.717, 1.165) is 12.1 Å². The molecule has 0 aliphatic rings. The van der Waals surface area contributed by atoms with Gasteiger partial charge < -0.3 is 0 Å². The van der Waals surface area contributed by atoms with Gasteiger partial charge in [-0.3, -0.25) is 0 Å². The summed E-state index contributed by atoms with van der Waals surface area (Å²) in [6, 6.07) is 2.22. The molecule has 0 saturated carbocycles. The van der Waals surface area contributed by atoms with E-state index >= 15 is 0 Å². The molecule has 1 aromatic rings. The van der Waals surface area contributed by atoms with Gasteiger partial charge in [0.1, 0.15) is 16.7 Å². The van der Waals surface area contributed by atoms with Crippen LogP contribution in [0.5, 0.6) is 0 Å². The van der Waals surface area contributed by atoms with Crippen LogP contribution in [-0.2, 0) is 5.88 Å². The van der Waals surface area contributed by atoms with Crippen molar-refractivity contribution in [2.75, 3.05) is 0 Å². The minimum atomic E-state index is -0.776. The Bertz CT molecular complexity index is 250. The summed E-state index contributed by atoms with van der Waals surface area (Å²) in [5, 5.41) is -0.487. The molecule has 0 amide bonds. The standard InChI is InChI=1S/C7H4Cl2F2/c8-3-4-1-5(10)7(9)6(11)2-4/h1-2H,3H2. The smallest absolute Gasteiger partial charge is 0.145 e. The fourth-order valence-electron chi connectivity index (χ4n) is 0.685. The van der Waals surface area contributed by atoms with Crippen molar-refractivity contribution in [1.82, 2.24) is 0 Å². The molecule has 0 bridgehead atoms. The highest BCUT2D eigenvalue weighted by molar-refractivity contribution is 6.30. The van der Waals surface area contributed by atoms with Gasteiger partial charge in [-0.2, -0.15) is 0 Å². The molecular formula is C7H4Cl2F2. The van der Waals surface area contributed by atoms with Crippen molar-refractivity contribution in [1.29, 1.82) is 0 Å². The number of halogens is 4. The summed E-state index contributed by atoms with van der Waals surface area (Å²) >= 11 is 10.6. The summed E-state index contributed by atoms with van der Waals surface area (Å²) in [6.07, 6.45) is 0. The number of rotatable bonds is 1. The predicted molar refractivity (Wildman–Crippen MR) is 40.9 cm³/mol. The first-order valence-corrected chi connectivity index (χ1v) is 3.75. The molecule has 11 heavy (non-hydrogen) atoms. The summed E-state index contributed by atoms with van der Waals surface area (Å²) in [4.78, 5) is 0. The maximum Gasteiger partial charge on any atom is 0.145 e. The first-order chi connectivity index (χ1) is 5.15. The zero-order chi connectivity index (χ0) is 8.43. The van der Waals surface area contributed by atoms with Gasteiger partial charge in [0.05, 0.1) is 0 Å². The molecule has 1 rings (SSSR count). The Hall–Kier alpha value is -0.340. The van der Waals surface area contributed by atoms with Gasteiger partial charge in [0.2, 0.25) is 0 Å². The summed E-state index contributed by atoms with van der Waals surface area (Å²) in [5.41, 5.74) is 0.381. The minimum absolute atomic E-state index is 0.0744. The van der Waals surface area contributed by atoms with Gasteiger partial charge in [0.25, 0.3) is 0 Å². The normalized spacial score (nSPS) is 10.2. The van der Waals surface area contributed by atoms with Crippen molar-refractivity contribution in [2.24, 2.45) is 0 Å². The first-order valence-electron chi connectivity index (χ1n) is 2.84. The van der Waals surface area contributed by atoms with Crippen molar-refractivity contribution in [3.63, 3.8) is 0 Å². The average molecular weight is 197 g/mol. The second kappa shape index (κ2) is 3.37. The Labute approximate surface area is 72.7 Å². The first kappa shape index (κ1) is 8.75. The molecule has 4 heteroatoms. The van der Waals surface area contributed by atoms with Crippen LogP contribution >= 0.6 is 23.2 Å². The maximum atomic E-state index is 12.6. The van der Waals surface area contributed by atoms with E-state index in [9.17, 15) is 8.78 Å². The lowest BCUT2D eigenvalue weighted by Crippen LogP contribution is -1.87. The molecule has 0 saturated heterocycles. The van der Waals surface area contributed by atoms with Crippen LogP contribution in [0.4, 0.5) is 8.78 Å². The summed E-state index contributed by atoms with van der Waals surface area (Å²) < 4.78 is 25.2. The molecule has 0 unspecified atom stereocenters. The highest BCUT2D eigenvalue weighted by Gasteiger charge is 2.07. The highest BCUT2D eigenvalue weighted by atomic mass is 35.5. The van der Waals surface area contributed by atoms with E-state index < -0.39 is 16.7 Å². The number of alkyl halides is 1. The maximum absolute atomic E-state index is 12.6. The Morgan fingerprint density at radius 2 is 1.64 bits per heavy atom. The average Bonchev–Trinajstić information content (AvgIpc) is 1.99. The lowest BCUT2D eigenvalue weighted by molar-refractivity contribution is 0.582. The van der Waals surface area contributed by atoms with E-state index in [-0.39, 0.29) is 5.88 Å². The van der Waals surface area contributed by atoms with Crippen molar-refractivity contribution in [3.8, 4) is 0 Å². The van der Waals surface area contributed by atoms with Crippen molar-refractivity contribution < 1.29 is 8.78 Å². The van der Waals surface area contributed by atoms with Crippen LogP contribution in [0.25, 0.3) is 0 Å². The zero-order valence-corrected chi connectivity index (χ0v) is 6.89. The van der Waals surface area contributed by atoms with E-state index in [0.29, 0.717) is 5.56 Å². The number of hydrogen-bond acceptors (Lipinski definition) is 0. The fourth-order valence-corrected chi connectivity index (χ4v) is 0.949. The van der Waals surface area contributed by atoms with Crippen LogP contribution in [-0.4, -0.2) is 0 Å². The Morgan fingerprint density at radius 1 is 1.18 bits per heavy atom. The lowest BCUT2D eigenvalue weighted by Gasteiger charge is -1.98. The molecule has 0 aliphatic carbocycles. The van der Waals surface area contributed by atoms with Gasteiger partial charge >= 0.3 is 0 Å². The van der Waals surface area contributed by atoms with Crippen molar-refractivity contribution in [2.45, 2.75) is 5.88 Å². The van der Waals surface area contributed by atoms with E-state index in [4.69, 9.17) is 23.2 Å². The lowest BCUT2D eigenvalue weighted by atomic mass is 10.2. The molecule has 0 radical (unpaired) electrons. The Kier molecular flexibility index (Phi) is 2.68. The third-order valence-electron chi connectivity index (χ3n) is 1.20. The van der Waals surface area contributed by atoms with Crippen LogP contribution < -0.4 is 0 Å². The molecule has 1 aromatic carbocycles. The number of benzene rings is 1. The summed E-state index contributed by atoms with van der Waals surface area (Å²) in [7, 11) is 0. The Balaban J connectivity index is 3.21. The highest BCUT2D eigenvalue weighted by Crippen LogP contribution is 2.20. The molecule has 0 aromatic heterocycles. The van der Waals surface area contributed by atoms with E-state index in [2.05, 4.69) is 0 Å². The number of hydrogen-bond donors (Lipinski definition) is 0. The molecule has 0 heterocycles. The molecule has 0 aliphatic heterocycles. The van der Waals surface area contributed by atoms with Crippen LogP contribution in [0, 0.1) is 11.6 Å². The topological polar surface area (TPSA) is 0 Å². The van der Waals surface area contributed by atoms with Gasteiger partial charge in [-0.25, -0.2) is 8.78 Å². The molecule has 60 valence electrons. The second-order valence-corrected chi connectivity index (χ2v) is 2.65. The van der Waals surface area contributed by atoms with Gasteiger partial charge in [-0.1, -0.05) is 11.6 Å². The SMILES string of the molecule is Fc1cc(CCl)cc(F)c1Cl. The van der Waals surface area contributed by atoms with Gasteiger partial charge in [0, 0.05) is 5.88 Å². The van der Waals surface area contributed by atoms with E-state index in [1.165, 1.54) is 0 Å². The summed E-state index contributed by atoms with van der Waals surface area (Å²) in [6.45, 7) is 0. The molecule has 0 atom stereocenters. The molecule has 0 nitrogen and oxygen atoms in total. The van der Waals surface area contributed by atoms with E-state index in [1.807, 2.05) is 0 Å². The van der Waals surface area contributed by atoms with Crippen LogP contribution in [0.1, 0.15) is 5.56 Å². The Morgan fingerprint density at radius 3 is 2.00 bits per heavy atom. The molecular weight excluding hydrogens is 193 g/mol. The van der Waals surface area contributed by atoms with Crippen molar-refractivity contribution >= 4 is 23.2 Å². The summed E-state index contributed by atoms with van der Waals surface area (Å²) in [5.74, 6) is -1.48. The van der Waals surface area contributed by atoms with Crippen LogP contribution in [0.3, 0.4) is 0 Å². The quantitative estimate of drug-likeness (QED) is 0.478. The largest absolute Gasteiger partial charge is 0.205 e. The third kappa shape index (κ3) is 1.82. The molecule has 0 N–H and O–H groups in total.